The third kappa shape index (κ3) is 5.70. The summed E-state index contributed by atoms with van der Waals surface area (Å²) in [6.07, 6.45) is 1.59. The molecule has 0 spiro atoms. The van der Waals surface area contributed by atoms with E-state index in [0.717, 1.165) is 17.7 Å². The largest absolute Gasteiger partial charge is 0.493 e. The number of carbonyl (C=O) groups is 1. The quantitative estimate of drug-likeness (QED) is 0.263. The molecule has 2 aliphatic heterocycles. The van der Waals surface area contributed by atoms with Gasteiger partial charge >= 0.3 is 0 Å². The highest BCUT2D eigenvalue weighted by Crippen LogP contribution is 2.40. The second-order valence-electron chi connectivity index (χ2n) is 7.44. The Balaban J connectivity index is 1.53. The maximum absolute atomic E-state index is 12.7. The topological polar surface area (TPSA) is 115 Å². The lowest BCUT2D eigenvalue weighted by Gasteiger charge is -2.24. The van der Waals surface area contributed by atoms with Gasteiger partial charge in [-0.15, -0.1) is 0 Å². The SMILES string of the molecule is CCSC1=NSC2=NC(=O)/C(=C\c3cc(OC)c(OCCOc4ccccc4OC)c(OC)c3)C(=N)N12. The van der Waals surface area contributed by atoms with Crippen molar-refractivity contribution in [3.05, 3.63) is 47.5 Å². The fourth-order valence-corrected chi connectivity index (χ4v) is 5.12. The predicted molar refractivity (Wildman–Crippen MR) is 147 cm³/mol. The van der Waals surface area contributed by atoms with Gasteiger partial charge in [0.2, 0.25) is 10.9 Å². The van der Waals surface area contributed by atoms with Gasteiger partial charge in [-0.25, -0.2) is 4.90 Å². The Morgan fingerprint density at radius 3 is 2.30 bits per heavy atom. The average molecular weight is 543 g/mol. The van der Waals surface area contributed by atoms with Gasteiger partial charge in [0.05, 0.1) is 38.9 Å². The summed E-state index contributed by atoms with van der Waals surface area (Å²) < 4.78 is 32.4. The monoisotopic (exact) mass is 542 g/mol. The lowest BCUT2D eigenvalue weighted by Crippen LogP contribution is -2.41. The highest BCUT2D eigenvalue weighted by atomic mass is 32.2. The fraction of sp³-hybridized carbons (Fsp3) is 0.280. The molecule has 2 aliphatic rings. The number of ether oxygens (including phenoxy) is 5. The molecule has 0 atom stereocenters. The number of hydrogen-bond donors (Lipinski definition) is 1. The van der Waals surface area contributed by atoms with Gasteiger partial charge in [0, 0.05) is 0 Å². The summed E-state index contributed by atoms with van der Waals surface area (Å²) in [5, 5.41) is 9.67. The molecule has 4 rings (SSSR count). The number of fused-ring (bicyclic) bond motifs is 1. The van der Waals surface area contributed by atoms with Crippen molar-refractivity contribution in [1.29, 1.82) is 5.41 Å². The molecule has 0 bridgehead atoms. The van der Waals surface area contributed by atoms with Crippen molar-refractivity contribution in [2.75, 3.05) is 40.3 Å². The van der Waals surface area contributed by atoms with Crippen LogP contribution < -0.4 is 23.7 Å². The lowest BCUT2D eigenvalue weighted by atomic mass is 10.1. The molecular weight excluding hydrogens is 516 g/mol. The van der Waals surface area contributed by atoms with E-state index in [1.54, 1.807) is 30.2 Å². The minimum atomic E-state index is -0.506. The molecule has 0 saturated carbocycles. The van der Waals surface area contributed by atoms with Gasteiger partial charge in [0.25, 0.3) is 5.91 Å². The zero-order valence-corrected chi connectivity index (χ0v) is 22.4. The van der Waals surface area contributed by atoms with Gasteiger partial charge in [-0.1, -0.05) is 30.8 Å². The number of nitrogens with one attached hydrogen (secondary N) is 1. The number of benzene rings is 2. The summed E-state index contributed by atoms with van der Waals surface area (Å²) in [6, 6.07) is 10.8. The number of carbonyl (C=O) groups excluding carboxylic acids is 1. The van der Waals surface area contributed by atoms with Crippen LogP contribution in [0.2, 0.25) is 0 Å². The van der Waals surface area contributed by atoms with Crippen molar-refractivity contribution >= 4 is 51.9 Å². The van der Waals surface area contributed by atoms with Crippen LogP contribution in [0.4, 0.5) is 0 Å². The van der Waals surface area contributed by atoms with Gasteiger partial charge in [0.1, 0.15) is 19.0 Å². The maximum atomic E-state index is 12.7. The van der Waals surface area contributed by atoms with E-state index in [-0.39, 0.29) is 24.6 Å². The molecule has 194 valence electrons. The van der Waals surface area contributed by atoms with Crippen LogP contribution >= 0.6 is 23.7 Å². The van der Waals surface area contributed by atoms with Crippen molar-refractivity contribution in [2.24, 2.45) is 9.39 Å². The number of amides is 1. The van der Waals surface area contributed by atoms with Gasteiger partial charge in [-0.3, -0.25) is 10.2 Å². The van der Waals surface area contributed by atoms with Crippen LogP contribution in [0.25, 0.3) is 6.08 Å². The Morgan fingerprint density at radius 1 is 1.00 bits per heavy atom. The number of thioether (sulfide) groups is 1. The molecule has 0 unspecified atom stereocenters. The molecule has 10 nitrogen and oxygen atoms in total. The first-order valence-electron chi connectivity index (χ1n) is 11.3. The first-order chi connectivity index (χ1) is 18.0. The number of hydrogen-bond acceptors (Lipinski definition) is 10. The van der Waals surface area contributed by atoms with E-state index in [1.165, 1.54) is 26.0 Å². The average Bonchev–Trinajstić information content (AvgIpc) is 3.31. The minimum Gasteiger partial charge on any atom is -0.493 e. The van der Waals surface area contributed by atoms with Crippen LogP contribution in [-0.4, -0.2) is 67.3 Å². The minimum absolute atomic E-state index is 0.0199. The first kappa shape index (κ1) is 26.4. The van der Waals surface area contributed by atoms with E-state index < -0.39 is 5.91 Å². The van der Waals surface area contributed by atoms with Crippen molar-refractivity contribution in [3.8, 4) is 28.7 Å². The van der Waals surface area contributed by atoms with Gasteiger partial charge in [-0.05, 0) is 41.7 Å². The van der Waals surface area contributed by atoms with Crippen molar-refractivity contribution in [2.45, 2.75) is 6.92 Å². The van der Waals surface area contributed by atoms with Crippen LogP contribution in [0.5, 0.6) is 28.7 Å². The molecule has 37 heavy (non-hydrogen) atoms. The van der Waals surface area contributed by atoms with E-state index in [1.807, 2.05) is 31.2 Å². The molecule has 0 aromatic heterocycles. The normalized spacial score (nSPS) is 15.8. The van der Waals surface area contributed by atoms with E-state index in [4.69, 9.17) is 29.1 Å². The second-order valence-corrected chi connectivity index (χ2v) is 9.40. The zero-order chi connectivity index (χ0) is 26.4. The van der Waals surface area contributed by atoms with Crippen LogP contribution in [0.15, 0.2) is 51.4 Å². The summed E-state index contributed by atoms with van der Waals surface area (Å²) >= 11 is 2.58. The Labute approximate surface area is 223 Å². The highest BCUT2D eigenvalue weighted by Gasteiger charge is 2.37. The van der Waals surface area contributed by atoms with E-state index >= 15 is 0 Å². The third-order valence-electron chi connectivity index (χ3n) is 5.22. The summed E-state index contributed by atoms with van der Waals surface area (Å²) in [4.78, 5) is 18.4. The molecule has 0 radical (unpaired) electrons. The molecule has 2 aromatic carbocycles. The van der Waals surface area contributed by atoms with Crippen LogP contribution in [0.1, 0.15) is 12.5 Å². The standard InChI is InChI=1S/C25H26N4O6S2/c1-5-36-25-28-37-24-27-23(30)16(22(26)29(24)25)12-15-13-19(32-3)21(20(14-15)33-4)35-11-10-34-18-9-7-6-8-17(18)31-2/h6-9,12-14,26H,5,10-11H2,1-4H3/b16-12-,26-22?. The molecule has 0 fully saturated rings. The van der Waals surface area contributed by atoms with Crippen molar-refractivity contribution in [1.82, 2.24) is 4.90 Å². The molecular formula is C25H26N4O6S2. The van der Waals surface area contributed by atoms with Crippen LogP contribution in [0, 0.1) is 5.41 Å². The fourth-order valence-electron chi connectivity index (χ4n) is 3.55. The summed E-state index contributed by atoms with van der Waals surface area (Å²) in [5.74, 6) is 2.75. The Bertz CT molecular complexity index is 1270. The molecule has 0 saturated heterocycles. The van der Waals surface area contributed by atoms with Crippen LogP contribution in [-0.2, 0) is 4.79 Å². The van der Waals surface area contributed by atoms with Crippen molar-refractivity contribution < 1.29 is 28.5 Å². The van der Waals surface area contributed by atoms with Gasteiger partial charge in [0.15, 0.2) is 28.2 Å². The Kier molecular flexibility index (Phi) is 8.62. The highest BCUT2D eigenvalue weighted by molar-refractivity contribution is 8.19. The Morgan fingerprint density at radius 2 is 1.65 bits per heavy atom. The lowest BCUT2D eigenvalue weighted by molar-refractivity contribution is -0.114. The number of para-hydroxylation sites is 2. The first-order valence-corrected chi connectivity index (χ1v) is 13.0. The second kappa shape index (κ2) is 12.1. The van der Waals surface area contributed by atoms with E-state index in [0.29, 0.717) is 44.6 Å². The number of methoxy groups -OCH3 is 3. The molecule has 2 aromatic rings. The summed E-state index contributed by atoms with van der Waals surface area (Å²) in [7, 11) is 4.61. The molecule has 1 N–H and O–H groups in total. The molecule has 2 heterocycles. The summed E-state index contributed by atoms with van der Waals surface area (Å²) in [6.45, 7) is 2.48. The van der Waals surface area contributed by atoms with E-state index in [9.17, 15) is 4.79 Å². The smallest absolute Gasteiger partial charge is 0.283 e. The van der Waals surface area contributed by atoms with Crippen LogP contribution in [0.3, 0.4) is 0 Å². The number of amidine groups is 3. The molecule has 0 aliphatic carbocycles. The van der Waals surface area contributed by atoms with Crippen molar-refractivity contribution in [3.63, 3.8) is 0 Å². The van der Waals surface area contributed by atoms with E-state index in [2.05, 4.69) is 9.39 Å². The van der Waals surface area contributed by atoms with Gasteiger partial charge in [-0.2, -0.15) is 9.39 Å². The predicted octanol–water partition coefficient (Wildman–Crippen LogP) is 4.50. The maximum Gasteiger partial charge on any atom is 0.283 e. The summed E-state index contributed by atoms with van der Waals surface area (Å²) in [5.41, 5.74) is 0.727. The number of rotatable bonds is 10. The molecule has 1 amide bonds. The number of aliphatic imine (C=N–C) groups is 1. The molecule has 12 heteroatoms. The Hall–Kier alpha value is -3.64. The zero-order valence-electron chi connectivity index (χ0n) is 20.8. The third-order valence-corrected chi connectivity index (χ3v) is 6.86. The number of nitrogens with zero attached hydrogens (tertiary/aromatic N) is 3. The van der Waals surface area contributed by atoms with Gasteiger partial charge < -0.3 is 23.7 Å².